The van der Waals surface area contributed by atoms with Crippen molar-refractivity contribution in [1.82, 2.24) is 5.32 Å². The maximum absolute atomic E-state index is 12.0. The van der Waals surface area contributed by atoms with Crippen molar-refractivity contribution < 1.29 is 4.79 Å². The van der Waals surface area contributed by atoms with Gasteiger partial charge in [-0.1, -0.05) is 43.6 Å². The van der Waals surface area contributed by atoms with Gasteiger partial charge in [0.1, 0.15) is 0 Å². The largest absolute Gasteiger partial charge is 0.353 e. The van der Waals surface area contributed by atoms with Gasteiger partial charge in [0, 0.05) is 11.4 Å². The summed E-state index contributed by atoms with van der Waals surface area (Å²) < 4.78 is 0. The lowest BCUT2D eigenvalue weighted by atomic mass is 9.79. The van der Waals surface area contributed by atoms with Gasteiger partial charge < -0.3 is 5.32 Å². The Morgan fingerprint density at radius 3 is 2.24 bits per heavy atom. The lowest BCUT2D eigenvalue weighted by Crippen LogP contribution is -2.45. The molecule has 1 rings (SSSR count). The van der Waals surface area contributed by atoms with Crippen LogP contribution in [0.15, 0.2) is 0 Å². The van der Waals surface area contributed by atoms with E-state index >= 15 is 0 Å². The van der Waals surface area contributed by atoms with Crippen LogP contribution in [0.1, 0.15) is 53.4 Å². The van der Waals surface area contributed by atoms with Crippen LogP contribution in [0.25, 0.3) is 0 Å². The van der Waals surface area contributed by atoms with Crippen LogP contribution in [-0.4, -0.2) is 17.3 Å². The third-order valence-electron chi connectivity index (χ3n) is 4.00. The van der Waals surface area contributed by atoms with Crippen LogP contribution in [0.4, 0.5) is 0 Å². The summed E-state index contributed by atoms with van der Waals surface area (Å²) >= 11 is 3.40. The van der Waals surface area contributed by atoms with Crippen LogP contribution in [0.5, 0.6) is 0 Å². The molecule has 1 saturated carbocycles. The molecule has 1 aliphatic carbocycles. The highest BCUT2D eigenvalue weighted by Crippen LogP contribution is 2.30. The second kappa shape index (κ2) is 6.21. The van der Waals surface area contributed by atoms with Crippen molar-refractivity contribution in [3.05, 3.63) is 0 Å². The van der Waals surface area contributed by atoms with Crippen LogP contribution in [0.3, 0.4) is 0 Å². The minimum atomic E-state index is -0.297. The molecule has 0 spiro atoms. The van der Waals surface area contributed by atoms with E-state index in [-0.39, 0.29) is 11.3 Å². The monoisotopic (exact) mass is 303 g/mol. The lowest BCUT2D eigenvalue weighted by Gasteiger charge is -2.33. The number of rotatable bonds is 4. The molecule has 0 radical (unpaired) electrons. The van der Waals surface area contributed by atoms with Crippen LogP contribution < -0.4 is 5.32 Å². The van der Waals surface area contributed by atoms with E-state index < -0.39 is 0 Å². The van der Waals surface area contributed by atoms with Gasteiger partial charge in [-0.3, -0.25) is 4.79 Å². The van der Waals surface area contributed by atoms with Crippen molar-refractivity contribution in [3.63, 3.8) is 0 Å². The van der Waals surface area contributed by atoms with Gasteiger partial charge in [0.15, 0.2) is 0 Å². The smallest absolute Gasteiger partial charge is 0.226 e. The lowest BCUT2D eigenvalue weighted by molar-refractivity contribution is -0.129. The SMILES string of the molecule is CC(C)[C@H]1CC[C@H](NC(=O)C(C)(C)CBr)CC1. The van der Waals surface area contributed by atoms with Gasteiger partial charge in [-0.2, -0.15) is 0 Å². The normalized spacial score (nSPS) is 26.0. The quantitative estimate of drug-likeness (QED) is 0.788. The number of carbonyl (C=O) groups is 1. The van der Waals surface area contributed by atoms with Crippen LogP contribution in [0, 0.1) is 17.3 Å². The molecule has 1 amide bonds. The molecule has 0 bridgehead atoms. The molecular formula is C14H26BrNO. The van der Waals surface area contributed by atoms with E-state index in [1.165, 1.54) is 12.8 Å². The first-order chi connectivity index (χ1) is 7.86. The van der Waals surface area contributed by atoms with Crippen molar-refractivity contribution in [2.24, 2.45) is 17.3 Å². The molecule has 3 heteroatoms. The molecule has 1 aliphatic rings. The van der Waals surface area contributed by atoms with E-state index in [1.54, 1.807) is 0 Å². The molecule has 0 atom stereocenters. The van der Waals surface area contributed by atoms with E-state index in [4.69, 9.17) is 0 Å². The Hall–Kier alpha value is -0.0500. The van der Waals surface area contributed by atoms with Crippen LogP contribution >= 0.6 is 15.9 Å². The Labute approximate surface area is 114 Å². The molecule has 1 fully saturated rings. The Morgan fingerprint density at radius 2 is 1.82 bits per heavy atom. The topological polar surface area (TPSA) is 29.1 Å². The van der Waals surface area contributed by atoms with Crippen molar-refractivity contribution >= 4 is 21.8 Å². The molecule has 0 aromatic rings. The molecule has 100 valence electrons. The Morgan fingerprint density at radius 1 is 1.29 bits per heavy atom. The summed E-state index contributed by atoms with van der Waals surface area (Å²) in [6.45, 7) is 8.57. The Balaban J connectivity index is 2.38. The highest BCUT2D eigenvalue weighted by molar-refractivity contribution is 9.09. The van der Waals surface area contributed by atoms with Gasteiger partial charge in [0.25, 0.3) is 0 Å². The molecule has 0 aromatic carbocycles. The maximum atomic E-state index is 12.0. The van der Waals surface area contributed by atoms with E-state index in [2.05, 4.69) is 35.1 Å². The summed E-state index contributed by atoms with van der Waals surface area (Å²) in [5.74, 6) is 1.82. The van der Waals surface area contributed by atoms with Crippen molar-refractivity contribution in [3.8, 4) is 0 Å². The molecule has 0 saturated heterocycles. The van der Waals surface area contributed by atoms with Gasteiger partial charge in [0.2, 0.25) is 5.91 Å². The second-order valence-corrected chi connectivity index (χ2v) is 6.91. The number of carbonyl (C=O) groups excluding carboxylic acids is 1. The predicted molar refractivity (Wildman–Crippen MR) is 76.3 cm³/mol. The van der Waals surface area contributed by atoms with E-state index in [0.29, 0.717) is 11.4 Å². The standard InChI is InChI=1S/C14H26BrNO/c1-10(2)11-5-7-12(8-6-11)16-13(17)14(3,4)9-15/h10-12H,5-9H2,1-4H3,(H,16,17)/t11-,12-. The highest BCUT2D eigenvalue weighted by atomic mass is 79.9. The number of hydrogen-bond donors (Lipinski definition) is 1. The van der Waals surface area contributed by atoms with Gasteiger partial charge in [-0.25, -0.2) is 0 Å². The average molecular weight is 304 g/mol. The zero-order valence-corrected chi connectivity index (χ0v) is 13.1. The van der Waals surface area contributed by atoms with Gasteiger partial charge in [-0.15, -0.1) is 0 Å². The fourth-order valence-electron chi connectivity index (χ4n) is 2.37. The van der Waals surface area contributed by atoms with Crippen molar-refractivity contribution in [2.45, 2.75) is 59.4 Å². The number of alkyl halides is 1. The zero-order valence-electron chi connectivity index (χ0n) is 11.6. The number of amides is 1. The molecule has 2 nitrogen and oxygen atoms in total. The van der Waals surface area contributed by atoms with Crippen LogP contribution in [0.2, 0.25) is 0 Å². The minimum Gasteiger partial charge on any atom is -0.353 e. The predicted octanol–water partition coefficient (Wildman–Crippen LogP) is 3.74. The molecule has 0 heterocycles. The summed E-state index contributed by atoms with van der Waals surface area (Å²) in [6.07, 6.45) is 4.81. The summed E-state index contributed by atoms with van der Waals surface area (Å²) in [6, 6.07) is 0.399. The highest BCUT2D eigenvalue weighted by Gasteiger charge is 2.30. The molecule has 0 unspecified atom stereocenters. The number of halogens is 1. The summed E-state index contributed by atoms with van der Waals surface area (Å²) in [4.78, 5) is 12.0. The Kier molecular flexibility index (Phi) is 5.49. The minimum absolute atomic E-state index is 0.183. The second-order valence-electron chi connectivity index (χ2n) is 6.35. The van der Waals surface area contributed by atoms with Crippen molar-refractivity contribution in [2.75, 3.05) is 5.33 Å². The van der Waals surface area contributed by atoms with E-state index in [1.807, 2.05) is 13.8 Å². The molecule has 1 N–H and O–H groups in total. The third kappa shape index (κ3) is 4.27. The molecule has 0 aliphatic heterocycles. The maximum Gasteiger partial charge on any atom is 0.226 e. The summed E-state index contributed by atoms with van der Waals surface area (Å²) in [5, 5.41) is 3.92. The van der Waals surface area contributed by atoms with Crippen LogP contribution in [-0.2, 0) is 4.79 Å². The number of hydrogen-bond acceptors (Lipinski definition) is 1. The van der Waals surface area contributed by atoms with E-state index in [9.17, 15) is 4.79 Å². The van der Waals surface area contributed by atoms with Crippen molar-refractivity contribution in [1.29, 1.82) is 0 Å². The number of nitrogens with one attached hydrogen (secondary N) is 1. The summed E-state index contributed by atoms with van der Waals surface area (Å²) in [5.41, 5.74) is -0.297. The van der Waals surface area contributed by atoms with E-state index in [0.717, 1.165) is 24.7 Å². The molecular weight excluding hydrogens is 278 g/mol. The average Bonchev–Trinajstić information content (AvgIpc) is 2.29. The summed E-state index contributed by atoms with van der Waals surface area (Å²) in [7, 11) is 0. The zero-order chi connectivity index (χ0) is 13.1. The first-order valence-corrected chi connectivity index (χ1v) is 7.86. The van der Waals surface area contributed by atoms with Gasteiger partial charge in [-0.05, 0) is 37.5 Å². The molecule has 0 aromatic heterocycles. The fourth-order valence-corrected chi connectivity index (χ4v) is 2.63. The first-order valence-electron chi connectivity index (χ1n) is 6.73. The van der Waals surface area contributed by atoms with Gasteiger partial charge >= 0.3 is 0 Å². The third-order valence-corrected chi connectivity index (χ3v) is 5.40. The van der Waals surface area contributed by atoms with Gasteiger partial charge in [0.05, 0.1) is 5.41 Å². The first kappa shape index (κ1) is 15.0. The molecule has 17 heavy (non-hydrogen) atoms. The Bertz CT molecular complexity index is 255. The fraction of sp³-hybridized carbons (Fsp3) is 0.929.